The van der Waals surface area contributed by atoms with Gasteiger partial charge in [-0.05, 0) is 48.4 Å². The van der Waals surface area contributed by atoms with Gasteiger partial charge in [-0.3, -0.25) is 4.79 Å². The molecule has 0 aliphatic carbocycles. The van der Waals surface area contributed by atoms with Gasteiger partial charge in [0.05, 0.1) is 6.21 Å². The Bertz CT molecular complexity index is 680. The van der Waals surface area contributed by atoms with E-state index in [1.807, 2.05) is 43.3 Å². The summed E-state index contributed by atoms with van der Waals surface area (Å²) in [4.78, 5) is 11.8. The first-order valence-electron chi connectivity index (χ1n) is 6.90. The lowest BCUT2D eigenvalue weighted by Gasteiger charge is -2.02. The molecule has 106 valence electrons. The Hall–Kier alpha value is -2.62. The highest BCUT2D eigenvalue weighted by Crippen LogP contribution is 2.28. The number of amides is 1. The van der Waals surface area contributed by atoms with Crippen molar-refractivity contribution in [3.8, 4) is 5.75 Å². The molecule has 0 unspecified atom stereocenters. The van der Waals surface area contributed by atoms with Gasteiger partial charge in [0.15, 0.2) is 0 Å². The molecule has 0 spiro atoms. The van der Waals surface area contributed by atoms with E-state index in [4.69, 9.17) is 4.74 Å². The first-order valence-corrected chi connectivity index (χ1v) is 6.90. The molecule has 0 radical (unpaired) electrons. The summed E-state index contributed by atoms with van der Waals surface area (Å²) < 4.78 is 5.65. The van der Waals surface area contributed by atoms with E-state index in [9.17, 15) is 4.79 Å². The van der Waals surface area contributed by atoms with Crippen molar-refractivity contribution in [1.29, 1.82) is 0 Å². The molecule has 1 aliphatic heterocycles. The number of carbonyl (C=O) groups excluding carboxylic acids is 1. The minimum Gasteiger partial charge on any atom is -0.490 e. The van der Waals surface area contributed by atoms with Crippen molar-refractivity contribution >= 4 is 12.1 Å². The molecule has 1 atom stereocenters. The van der Waals surface area contributed by atoms with E-state index in [1.165, 1.54) is 5.56 Å². The van der Waals surface area contributed by atoms with Crippen molar-refractivity contribution in [3.05, 3.63) is 65.2 Å². The zero-order valence-corrected chi connectivity index (χ0v) is 11.7. The minimum absolute atomic E-state index is 0.218. The fraction of sp³-hybridized carbons (Fsp3) is 0.176. The van der Waals surface area contributed by atoms with Gasteiger partial charge < -0.3 is 4.74 Å². The third kappa shape index (κ3) is 3.11. The van der Waals surface area contributed by atoms with E-state index in [0.717, 1.165) is 17.7 Å². The first-order chi connectivity index (χ1) is 10.2. The van der Waals surface area contributed by atoms with Crippen LogP contribution in [0.15, 0.2) is 53.6 Å². The lowest BCUT2D eigenvalue weighted by atomic mass is 10.1. The lowest BCUT2D eigenvalue weighted by molar-refractivity contribution is 0.0955. The smallest absolute Gasteiger partial charge is 0.271 e. The van der Waals surface area contributed by atoms with E-state index >= 15 is 0 Å². The van der Waals surface area contributed by atoms with Crippen LogP contribution in [0.3, 0.4) is 0 Å². The Morgan fingerprint density at radius 3 is 2.90 bits per heavy atom. The highest BCUT2D eigenvalue weighted by molar-refractivity contribution is 5.94. The summed E-state index contributed by atoms with van der Waals surface area (Å²) in [7, 11) is 0. The van der Waals surface area contributed by atoms with Crippen LogP contribution in [0.4, 0.5) is 0 Å². The van der Waals surface area contributed by atoms with Crippen LogP contribution in [0.1, 0.15) is 28.4 Å². The van der Waals surface area contributed by atoms with E-state index in [-0.39, 0.29) is 12.0 Å². The molecule has 0 saturated carbocycles. The van der Waals surface area contributed by atoms with Gasteiger partial charge in [-0.25, -0.2) is 5.43 Å². The maximum absolute atomic E-state index is 11.8. The quantitative estimate of drug-likeness (QED) is 0.694. The van der Waals surface area contributed by atoms with Crippen LogP contribution in [0, 0.1) is 0 Å². The number of nitrogens with zero attached hydrogens (tertiary/aromatic N) is 1. The summed E-state index contributed by atoms with van der Waals surface area (Å²) in [6, 6.07) is 14.9. The van der Waals surface area contributed by atoms with Gasteiger partial charge in [0, 0.05) is 12.0 Å². The summed E-state index contributed by atoms with van der Waals surface area (Å²) in [6.07, 6.45) is 2.78. The topological polar surface area (TPSA) is 50.7 Å². The van der Waals surface area contributed by atoms with Gasteiger partial charge in [-0.1, -0.05) is 18.2 Å². The molecule has 0 bridgehead atoms. The monoisotopic (exact) mass is 280 g/mol. The molecule has 2 aromatic carbocycles. The second kappa shape index (κ2) is 5.79. The normalized spacial score (nSPS) is 16.5. The van der Waals surface area contributed by atoms with Gasteiger partial charge in [-0.2, -0.15) is 5.10 Å². The van der Waals surface area contributed by atoms with Crippen LogP contribution in [0.5, 0.6) is 5.75 Å². The Labute approximate surface area is 123 Å². The number of hydrogen-bond donors (Lipinski definition) is 1. The Morgan fingerprint density at radius 1 is 1.29 bits per heavy atom. The third-order valence-corrected chi connectivity index (χ3v) is 3.34. The summed E-state index contributed by atoms with van der Waals surface area (Å²) >= 11 is 0. The van der Waals surface area contributed by atoms with E-state index in [2.05, 4.69) is 10.5 Å². The Balaban J connectivity index is 1.65. The standard InChI is InChI=1S/C17H16N2O2/c1-12-9-15-10-13(7-8-16(15)21-12)11-18-19-17(20)14-5-3-2-4-6-14/h2-8,10-12H,9H2,1H3,(H,19,20)/b18-11+/t12-/m0/s1. The van der Waals surface area contributed by atoms with Gasteiger partial charge >= 0.3 is 0 Å². The highest BCUT2D eigenvalue weighted by atomic mass is 16.5. The predicted molar refractivity (Wildman–Crippen MR) is 81.7 cm³/mol. The van der Waals surface area contributed by atoms with Crippen molar-refractivity contribution in [3.63, 3.8) is 0 Å². The molecule has 1 heterocycles. The van der Waals surface area contributed by atoms with Crippen LogP contribution in [-0.2, 0) is 6.42 Å². The van der Waals surface area contributed by atoms with E-state index < -0.39 is 0 Å². The number of fused-ring (bicyclic) bond motifs is 1. The molecule has 0 aromatic heterocycles. The summed E-state index contributed by atoms with van der Waals surface area (Å²) in [5, 5.41) is 4.00. The minimum atomic E-state index is -0.218. The molecular formula is C17H16N2O2. The zero-order chi connectivity index (χ0) is 14.7. The molecule has 1 aliphatic rings. The SMILES string of the molecule is C[C@H]1Cc2cc(/C=N/NC(=O)c3ccccc3)ccc2O1. The van der Waals surface area contributed by atoms with E-state index in [1.54, 1.807) is 18.3 Å². The zero-order valence-electron chi connectivity index (χ0n) is 11.7. The van der Waals surface area contributed by atoms with Crippen LogP contribution in [0.25, 0.3) is 0 Å². The fourth-order valence-corrected chi connectivity index (χ4v) is 2.34. The predicted octanol–water partition coefficient (Wildman–Crippen LogP) is 2.77. The number of rotatable bonds is 3. The molecule has 0 saturated heterocycles. The molecule has 21 heavy (non-hydrogen) atoms. The maximum atomic E-state index is 11.8. The van der Waals surface area contributed by atoms with Crippen LogP contribution in [-0.4, -0.2) is 18.2 Å². The Morgan fingerprint density at radius 2 is 2.10 bits per heavy atom. The van der Waals surface area contributed by atoms with Crippen LogP contribution in [0.2, 0.25) is 0 Å². The summed E-state index contributed by atoms with van der Waals surface area (Å²) in [5.74, 6) is 0.720. The number of ether oxygens (including phenoxy) is 1. The van der Waals surface area contributed by atoms with Crippen molar-refractivity contribution in [2.45, 2.75) is 19.4 Å². The summed E-state index contributed by atoms with van der Waals surface area (Å²) in [6.45, 7) is 2.05. The third-order valence-electron chi connectivity index (χ3n) is 3.34. The second-order valence-corrected chi connectivity index (χ2v) is 5.06. The number of nitrogens with one attached hydrogen (secondary N) is 1. The number of hydrogen-bond acceptors (Lipinski definition) is 3. The fourth-order valence-electron chi connectivity index (χ4n) is 2.34. The molecular weight excluding hydrogens is 264 g/mol. The van der Waals surface area contributed by atoms with Gasteiger partial charge in [0.2, 0.25) is 0 Å². The van der Waals surface area contributed by atoms with Crippen molar-refractivity contribution in [2.24, 2.45) is 5.10 Å². The largest absolute Gasteiger partial charge is 0.490 e. The highest BCUT2D eigenvalue weighted by Gasteiger charge is 2.18. The van der Waals surface area contributed by atoms with Crippen LogP contribution < -0.4 is 10.2 Å². The van der Waals surface area contributed by atoms with Gasteiger partial charge in [-0.15, -0.1) is 0 Å². The van der Waals surface area contributed by atoms with Crippen molar-refractivity contribution < 1.29 is 9.53 Å². The molecule has 1 N–H and O–H groups in total. The average Bonchev–Trinajstić information content (AvgIpc) is 2.87. The average molecular weight is 280 g/mol. The van der Waals surface area contributed by atoms with Gasteiger partial charge in [0.25, 0.3) is 5.91 Å². The van der Waals surface area contributed by atoms with Gasteiger partial charge in [0.1, 0.15) is 11.9 Å². The number of benzene rings is 2. The second-order valence-electron chi connectivity index (χ2n) is 5.06. The Kier molecular flexibility index (Phi) is 3.69. The van der Waals surface area contributed by atoms with E-state index in [0.29, 0.717) is 5.56 Å². The lowest BCUT2D eigenvalue weighted by Crippen LogP contribution is -2.17. The van der Waals surface area contributed by atoms with Crippen molar-refractivity contribution in [2.75, 3.05) is 0 Å². The molecule has 3 rings (SSSR count). The molecule has 4 heteroatoms. The molecule has 2 aromatic rings. The molecule has 1 amide bonds. The van der Waals surface area contributed by atoms with Crippen molar-refractivity contribution in [1.82, 2.24) is 5.43 Å². The first kappa shape index (κ1) is 13.4. The summed E-state index contributed by atoms with van der Waals surface area (Å²) in [5.41, 5.74) is 5.24. The number of carbonyl (C=O) groups is 1. The maximum Gasteiger partial charge on any atom is 0.271 e. The molecule has 0 fully saturated rings. The van der Waals surface area contributed by atoms with Crippen LogP contribution >= 0.6 is 0 Å². The number of hydrazone groups is 1. The molecule has 4 nitrogen and oxygen atoms in total.